The Bertz CT molecular complexity index is 1220. The van der Waals surface area contributed by atoms with E-state index in [0.29, 0.717) is 17.4 Å². The standard InChI is InChI=1S/C23H21N3O7S/c1-4-9-33-20-15(11-17(26(30)31)13-18(20)32-3)12-19-21(27)25(5-2)23(34-19)24-16-8-6-7-14(10-16)22(28)29/h4,6-8,10-13H,1,5,9H2,2-3H3,(H,28,29)/b19-12+,24-23?. The lowest BCUT2D eigenvalue weighted by atomic mass is 10.1. The summed E-state index contributed by atoms with van der Waals surface area (Å²) in [5, 5.41) is 21.0. The van der Waals surface area contributed by atoms with Gasteiger partial charge >= 0.3 is 5.97 Å². The molecule has 0 saturated carbocycles. The van der Waals surface area contributed by atoms with Gasteiger partial charge in [-0.15, -0.1) is 0 Å². The van der Waals surface area contributed by atoms with Gasteiger partial charge in [-0.2, -0.15) is 0 Å². The lowest BCUT2D eigenvalue weighted by Gasteiger charge is -2.13. The number of nitro benzene ring substituents is 1. The molecule has 34 heavy (non-hydrogen) atoms. The number of thioether (sulfide) groups is 1. The fourth-order valence-corrected chi connectivity index (χ4v) is 4.15. The molecule has 0 aliphatic carbocycles. The predicted octanol–water partition coefficient (Wildman–Crippen LogP) is 4.49. The molecule has 11 heteroatoms. The normalized spacial score (nSPS) is 15.6. The van der Waals surface area contributed by atoms with E-state index >= 15 is 0 Å². The number of hydrogen-bond donors (Lipinski definition) is 1. The Hall–Kier alpha value is -4.12. The molecule has 1 saturated heterocycles. The van der Waals surface area contributed by atoms with Crippen LogP contribution in [0.15, 0.2) is 59.0 Å². The molecular formula is C23H21N3O7S. The monoisotopic (exact) mass is 483 g/mol. The summed E-state index contributed by atoms with van der Waals surface area (Å²) in [5.74, 6) is -1.06. The second-order valence-corrected chi connectivity index (χ2v) is 7.84. The van der Waals surface area contributed by atoms with E-state index in [0.717, 1.165) is 11.8 Å². The SMILES string of the molecule is C=CCOc1c(/C=C2/SC(=Nc3cccc(C(=O)O)c3)N(CC)C2=O)cc([N+](=O)[O-])cc1OC. The van der Waals surface area contributed by atoms with Crippen LogP contribution in [-0.4, -0.2) is 52.2 Å². The molecule has 0 atom stereocenters. The summed E-state index contributed by atoms with van der Waals surface area (Å²) in [5.41, 5.74) is 0.510. The smallest absolute Gasteiger partial charge is 0.335 e. The molecule has 1 aliphatic heterocycles. The molecule has 0 spiro atoms. The van der Waals surface area contributed by atoms with Crippen molar-refractivity contribution in [1.82, 2.24) is 4.90 Å². The highest BCUT2D eigenvalue weighted by atomic mass is 32.2. The van der Waals surface area contributed by atoms with Gasteiger partial charge < -0.3 is 14.6 Å². The number of ether oxygens (including phenoxy) is 2. The number of aliphatic imine (C=N–C) groups is 1. The number of aromatic carboxylic acids is 1. The number of hydrogen-bond acceptors (Lipinski definition) is 8. The third-order valence-corrected chi connectivity index (χ3v) is 5.66. The summed E-state index contributed by atoms with van der Waals surface area (Å²) >= 11 is 1.07. The number of likely N-dealkylation sites (N-methyl/N-ethyl adjacent to an activating group) is 1. The number of carboxylic acids is 1. The van der Waals surface area contributed by atoms with Gasteiger partial charge in [-0.1, -0.05) is 18.7 Å². The van der Waals surface area contributed by atoms with Crippen molar-refractivity contribution in [3.8, 4) is 11.5 Å². The van der Waals surface area contributed by atoms with Crippen molar-refractivity contribution in [1.29, 1.82) is 0 Å². The zero-order chi connectivity index (χ0) is 24.8. The van der Waals surface area contributed by atoms with Crippen LogP contribution in [0.5, 0.6) is 11.5 Å². The van der Waals surface area contributed by atoms with Gasteiger partial charge in [-0.3, -0.25) is 19.8 Å². The fourth-order valence-electron chi connectivity index (χ4n) is 3.10. The Morgan fingerprint density at radius 3 is 2.74 bits per heavy atom. The van der Waals surface area contributed by atoms with E-state index < -0.39 is 10.9 Å². The highest BCUT2D eigenvalue weighted by Gasteiger charge is 2.33. The first-order valence-electron chi connectivity index (χ1n) is 10.0. The number of non-ortho nitro benzene ring substituents is 1. The van der Waals surface area contributed by atoms with Crippen molar-refractivity contribution in [3.63, 3.8) is 0 Å². The van der Waals surface area contributed by atoms with E-state index in [1.165, 1.54) is 48.4 Å². The topological polar surface area (TPSA) is 132 Å². The number of amides is 1. The molecule has 10 nitrogen and oxygen atoms in total. The van der Waals surface area contributed by atoms with E-state index in [9.17, 15) is 24.8 Å². The summed E-state index contributed by atoms with van der Waals surface area (Å²) in [6, 6.07) is 8.59. The summed E-state index contributed by atoms with van der Waals surface area (Å²) in [6.07, 6.45) is 3.00. The Kier molecular flexibility index (Phi) is 7.69. The number of nitro groups is 1. The van der Waals surface area contributed by atoms with Crippen molar-refractivity contribution >= 4 is 46.3 Å². The van der Waals surface area contributed by atoms with Crippen molar-refractivity contribution < 1.29 is 29.1 Å². The van der Waals surface area contributed by atoms with E-state index in [1.54, 1.807) is 19.1 Å². The molecule has 1 N–H and O–H groups in total. The lowest BCUT2D eigenvalue weighted by molar-refractivity contribution is -0.385. The van der Waals surface area contributed by atoms with E-state index in [1.807, 2.05) is 0 Å². The van der Waals surface area contributed by atoms with Gasteiger partial charge in [0.25, 0.3) is 11.6 Å². The van der Waals surface area contributed by atoms with Crippen LogP contribution in [0.2, 0.25) is 0 Å². The van der Waals surface area contributed by atoms with Crippen LogP contribution >= 0.6 is 11.8 Å². The molecule has 1 heterocycles. The summed E-state index contributed by atoms with van der Waals surface area (Å²) in [4.78, 5) is 41.3. The van der Waals surface area contributed by atoms with Crippen LogP contribution in [0.4, 0.5) is 11.4 Å². The second-order valence-electron chi connectivity index (χ2n) is 6.83. The first kappa shape index (κ1) is 24.5. The number of carboxylic acid groups (broad SMARTS) is 1. The number of methoxy groups -OCH3 is 1. The van der Waals surface area contributed by atoms with Gasteiger partial charge in [0.1, 0.15) is 6.61 Å². The molecule has 176 valence electrons. The molecule has 2 aromatic rings. The highest BCUT2D eigenvalue weighted by Crippen LogP contribution is 2.40. The number of nitrogens with zero attached hydrogens (tertiary/aromatic N) is 3. The van der Waals surface area contributed by atoms with Crippen LogP contribution in [0, 0.1) is 10.1 Å². The maximum Gasteiger partial charge on any atom is 0.335 e. The van der Waals surface area contributed by atoms with Crippen molar-refractivity contribution in [2.24, 2.45) is 4.99 Å². The first-order valence-corrected chi connectivity index (χ1v) is 10.8. The number of carbonyl (C=O) groups is 2. The molecule has 1 aliphatic rings. The second kappa shape index (κ2) is 10.7. The molecular weight excluding hydrogens is 462 g/mol. The molecule has 0 bridgehead atoms. The highest BCUT2D eigenvalue weighted by molar-refractivity contribution is 8.18. The van der Waals surface area contributed by atoms with Crippen LogP contribution in [0.3, 0.4) is 0 Å². The van der Waals surface area contributed by atoms with Crippen molar-refractivity contribution in [2.75, 3.05) is 20.3 Å². The van der Waals surface area contributed by atoms with Gasteiger partial charge in [0.2, 0.25) is 0 Å². The van der Waals surface area contributed by atoms with E-state index in [-0.39, 0.29) is 45.7 Å². The average molecular weight is 484 g/mol. The number of amidine groups is 1. The van der Waals surface area contributed by atoms with Crippen LogP contribution < -0.4 is 9.47 Å². The lowest BCUT2D eigenvalue weighted by Crippen LogP contribution is -2.28. The summed E-state index contributed by atoms with van der Waals surface area (Å²) in [6.45, 7) is 5.82. The Morgan fingerprint density at radius 2 is 2.12 bits per heavy atom. The third-order valence-electron chi connectivity index (χ3n) is 4.65. The summed E-state index contributed by atoms with van der Waals surface area (Å²) < 4.78 is 10.9. The Balaban J connectivity index is 2.08. The average Bonchev–Trinajstić information content (AvgIpc) is 3.11. The quantitative estimate of drug-likeness (QED) is 0.239. The Labute approximate surface area is 199 Å². The molecule has 3 rings (SSSR count). The number of rotatable bonds is 9. The molecule has 2 aromatic carbocycles. The Morgan fingerprint density at radius 1 is 1.35 bits per heavy atom. The van der Waals surface area contributed by atoms with Gasteiger partial charge in [0, 0.05) is 18.2 Å². The van der Waals surface area contributed by atoms with Gasteiger partial charge in [0.15, 0.2) is 16.7 Å². The molecule has 0 unspecified atom stereocenters. The summed E-state index contributed by atoms with van der Waals surface area (Å²) in [7, 11) is 1.36. The first-order chi connectivity index (χ1) is 16.3. The molecule has 1 fully saturated rings. The minimum atomic E-state index is -1.09. The molecule has 0 radical (unpaired) electrons. The minimum Gasteiger partial charge on any atom is -0.493 e. The van der Waals surface area contributed by atoms with Gasteiger partial charge in [-0.25, -0.2) is 9.79 Å². The molecule has 1 amide bonds. The van der Waals surface area contributed by atoms with E-state index in [4.69, 9.17) is 9.47 Å². The van der Waals surface area contributed by atoms with Crippen LogP contribution in [-0.2, 0) is 4.79 Å². The van der Waals surface area contributed by atoms with E-state index in [2.05, 4.69) is 11.6 Å². The van der Waals surface area contributed by atoms with Crippen molar-refractivity contribution in [2.45, 2.75) is 6.92 Å². The number of carbonyl (C=O) groups excluding carboxylic acids is 1. The van der Waals surface area contributed by atoms with Crippen LogP contribution in [0.25, 0.3) is 6.08 Å². The minimum absolute atomic E-state index is 0.0719. The maximum atomic E-state index is 13.1. The third kappa shape index (κ3) is 5.26. The zero-order valence-electron chi connectivity index (χ0n) is 18.4. The van der Waals surface area contributed by atoms with Gasteiger partial charge in [-0.05, 0) is 43.0 Å². The zero-order valence-corrected chi connectivity index (χ0v) is 19.2. The maximum absolute atomic E-state index is 13.1. The molecule has 0 aromatic heterocycles. The van der Waals surface area contributed by atoms with Crippen LogP contribution in [0.1, 0.15) is 22.8 Å². The van der Waals surface area contributed by atoms with Crippen molar-refractivity contribution in [3.05, 3.63) is 75.2 Å². The largest absolute Gasteiger partial charge is 0.493 e. The predicted molar refractivity (Wildman–Crippen MR) is 129 cm³/mol. The van der Waals surface area contributed by atoms with Gasteiger partial charge in [0.05, 0.1) is 34.3 Å². The number of benzene rings is 2. The fraction of sp³-hybridized carbons (Fsp3) is 0.174.